The fraction of sp³-hybridized carbons (Fsp3) is 0.0909. The first-order chi connectivity index (χ1) is 15.6. The molecule has 6 nitrogen and oxygen atoms in total. The van der Waals surface area contributed by atoms with Crippen molar-refractivity contribution in [2.45, 2.75) is 6.18 Å². The molecule has 2 aromatic heterocycles. The van der Waals surface area contributed by atoms with Gasteiger partial charge in [-0.2, -0.15) is 18.2 Å². The van der Waals surface area contributed by atoms with Gasteiger partial charge in [0, 0.05) is 29.9 Å². The molecule has 0 aliphatic carbocycles. The molecule has 0 saturated carbocycles. The summed E-state index contributed by atoms with van der Waals surface area (Å²) >= 11 is 5.91. The number of alkyl halides is 3. The summed E-state index contributed by atoms with van der Waals surface area (Å²) in [6.45, 7) is 0. The Balaban J connectivity index is 1.81. The number of pyridine rings is 1. The van der Waals surface area contributed by atoms with Crippen molar-refractivity contribution in [1.82, 2.24) is 14.5 Å². The molecule has 2 aromatic carbocycles. The maximum Gasteiger partial charge on any atom is 0.433 e. The van der Waals surface area contributed by atoms with Gasteiger partial charge in [-0.1, -0.05) is 29.8 Å². The van der Waals surface area contributed by atoms with Gasteiger partial charge in [-0.3, -0.25) is 20.4 Å². The Morgan fingerprint density at radius 2 is 1.85 bits per heavy atom. The Kier molecular flexibility index (Phi) is 5.62. The Hall–Kier alpha value is -3.79. The van der Waals surface area contributed by atoms with Crippen LogP contribution >= 0.6 is 11.6 Å². The van der Waals surface area contributed by atoms with Crippen LogP contribution in [0, 0.1) is 16.6 Å². The molecule has 4 rings (SSSR count). The molecule has 0 amide bonds. The number of aromatic nitrogens is 3. The van der Waals surface area contributed by atoms with E-state index in [1.807, 2.05) is 0 Å². The first-order valence-electron chi connectivity index (χ1n) is 9.44. The molecule has 168 valence electrons. The lowest BCUT2D eigenvalue weighted by Gasteiger charge is -2.22. The van der Waals surface area contributed by atoms with Crippen molar-refractivity contribution in [3.05, 3.63) is 76.9 Å². The Bertz CT molecular complexity index is 1430. The number of fused-ring (bicyclic) bond motifs is 1. The van der Waals surface area contributed by atoms with Crippen molar-refractivity contribution in [3.8, 4) is 11.1 Å². The van der Waals surface area contributed by atoms with Crippen LogP contribution in [0.1, 0.15) is 5.69 Å². The highest BCUT2D eigenvalue weighted by Crippen LogP contribution is 2.33. The van der Waals surface area contributed by atoms with Crippen LogP contribution in [0.4, 0.5) is 29.1 Å². The van der Waals surface area contributed by atoms with Crippen molar-refractivity contribution >= 4 is 40.3 Å². The highest BCUT2D eigenvalue weighted by Gasteiger charge is 2.32. The maximum absolute atomic E-state index is 14.3. The van der Waals surface area contributed by atoms with E-state index in [0.717, 1.165) is 23.2 Å². The minimum absolute atomic E-state index is 0.158. The van der Waals surface area contributed by atoms with Crippen LogP contribution in [0.3, 0.4) is 0 Å². The molecule has 0 aliphatic heterocycles. The third-order valence-corrected chi connectivity index (χ3v) is 5.34. The van der Waals surface area contributed by atoms with E-state index >= 15 is 0 Å². The molecule has 2 heterocycles. The Morgan fingerprint density at radius 1 is 1.09 bits per heavy atom. The zero-order valence-corrected chi connectivity index (χ0v) is 17.7. The summed E-state index contributed by atoms with van der Waals surface area (Å²) in [5, 5.41) is 15.9. The van der Waals surface area contributed by atoms with E-state index in [4.69, 9.17) is 22.4 Å². The van der Waals surface area contributed by atoms with Gasteiger partial charge in [-0.05, 0) is 35.9 Å². The number of nitrogens with zero attached hydrogens (tertiary/aromatic N) is 4. The third-order valence-electron chi connectivity index (χ3n) is 5.05. The molecule has 0 unspecified atom stereocenters. The lowest BCUT2D eigenvalue weighted by Crippen LogP contribution is -2.26. The van der Waals surface area contributed by atoms with Gasteiger partial charge < -0.3 is 4.90 Å². The smallest absolute Gasteiger partial charge is 0.329 e. The average Bonchev–Trinajstić information content (AvgIpc) is 2.79. The quantitative estimate of drug-likeness (QED) is 0.229. The van der Waals surface area contributed by atoms with E-state index < -0.39 is 17.7 Å². The molecule has 0 fully saturated rings. The predicted octanol–water partition coefficient (Wildman–Crippen LogP) is 5.61. The first kappa shape index (κ1) is 22.4. The molecule has 2 N–H and O–H groups in total. The van der Waals surface area contributed by atoms with Gasteiger partial charge >= 0.3 is 6.18 Å². The summed E-state index contributed by atoms with van der Waals surface area (Å²) in [7, 11) is 1.66. The van der Waals surface area contributed by atoms with Crippen LogP contribution in [0.15, 0.2) is 54.7 Å². The zero-order valence-electron chi connectivity index (χ0n) is 17.0. The Labute approximate surface area is 189 Å². The molecule has 0 atom stereocenters. The number of nitrogens with one attached hydrogen (secondary N) is 2. The third kappa shape index (κ3) is 4.17. The van der Waals surface area contributed by atoms with Crippen LogP contribution in [-0.4, -0.2) is 27.9 Å². The predicted molar refractivity (Wildman–Crippen MR) is 117 cm³/mol. The van der Waals surface area contributed by atoms with Gasteiger partial charge in [-0.15, -0.1) is 0 Å². The van der Waals surface area contributed by atoms with Gasteiger partial charge in [0.2, 0.25) is 5.62 Å². The maximum atomic E-state index is 14.3. The highest BCUT2D eigenvalue weighted by atomic mass is 35.5. The summed E-state index contributed by atoms with van der Waals surface area (Å²) in [6, 6.07) is 11.6. The fourth-order valence-electron chi connectivity index (χ4n) is 3.38. The number of anilines is 2. The summed E-state index contributed by atoms with van der Waals surface area (Å²) in [6.07, 6.45) is -2.50. The molecule has 0 spiro atoms. The second-order valence-corrected chi connectivity index (χ2v) is 7.49. The molecule has 33 heavy (non-hydrogen) atoms. The molecule has 4 aromatic rings. The van der Waals surface area contributed by atoms with Crippen LogP contribution in [0.25, 0.3) is 22.0 Å². The second-order valence-electron chi connectivity index (χ2n) is 7.08. The van der Waals surface area contributed by atoms with Crippen LogP contribution in [0.5, 0.6) is 0 Å². The Morgan fingerprint density at radius 3 is 2.48 bits per heavy atom. The zero-order chi connectivity index (χ0) is 23.9. The lowest BCUT2D eigenvalue weighted by molar-refractivity contribution is -0.141. The molecular formula is C22H15ClF4N6. The normalized spacial score (nSPS) is 11.6. The fourth-order valence-corrected chi connectivity index (χ4v) is 3.54. The van der Waals surface area contributed by atoms with E-state index in [-0.39, 0.29) is 16.5 Å². The summed E-state index contributed by atoms with van der Waals surface area (Å²) in [5.41, 5.74) is 0.748. The van der Waals surface area contributed by atoms with E-state index in [1.54, 1.807) is 36.2 Å². The van der Waals surface area contributed by atoms with Crippen LogP contribution in [-0.2, 0) is 6.18 Å². The topological polar surface area (TPSA) is 81.7 Å². The number of rotatable bonds is 4. The van der Waals surface area contributed by atoms with Crippen molar-refractivity contribution in [2.75, 3.05) is 11.9 Å². The number of hydrogen-bond acceptors (Lipinski definition) is 5. The molecule has 0 saturated heterocycles. The number of halogens is 5. The van der Waals surface area contributed by atoms with Gasteiger partial charge in [-0.25, -0.2) is 4.39 Å². The van der Waals surface area contributed by atoms with Gasteiger partial charge in [0.05, 0.1) is 16.9 Å². The molecule has 0 bridgehead atoms. The molecule has 0 aliphatic rings. The van der Waals surface area contributed by atoms with Crippen molar-refractivity contribution in [3.63, 3.8) is 0 Å². The minimum atomic E-state index is -4.53. The van der Waals surface area contributed by atoms with Crippen molar-refractivity contribution in [2.24, 2.45) is 0 Å². The number of benzene rings is 2. The summed E-state index contributed by atoms with van der Waals surface area (Å²) < 4.78 is 53.8. The van der Waals surface area contributed by atoms with Crippen LogP contribution < -0.4 is 10.5 Å². The lowest BCUT2D eigenvalue weighted by atomic mass is 10.1. The second kappa shape index (κ2) is 8.28. The average molecular weight is 475 g/mol. The van der Waals surface area contributed by atoms with Gasteiger partial charge in [0.25, 0.3) is 0 Å². The first-order valence-corrected chi connectivity index (χ1v) is 9.82. The summed E-state index contributed by atoms with van der Waals surface area (Å²) in [5.74, 6) is -0.439. The molecular weight excluding hydrogens is 460 g/mol. The highest BCUT2D eigenvalue weighted by molar-refractivity contribution is 6.31. The monoisotopic (exact) mass is 474 g/mol. The van der Waals surface area contributed by atoms with E-state index in [1.165, 1.54) is 18.2 Å². The van der Waals surface area contributed by atoms with E-state index in [9.17, 15) is 17.6 Å². The molecule has 0 radical (unpaired) electrons. The number of hydrogen-bond donors (Lipinski definition) is 2. The van der Waals surface area contributed by atoms with Crippen molar-refractivity contribution < 1.29 is 17.6 Å². The largest absolute Gasteiger partial charge is 0.433 e. The standard InChI is InChI=1S/C22H15ClF4N6/c1-32(20-15-8-17(24)16(23)9-18(15)33(11-28)21(29)31-20)14-4-2-3-12(7-14)13-5-6-19(30-10-13)22(25,26)27/h2-11,28-29H,1H3. The van der Waals surface area contributed by atoms with Gasteiger partial charge in [0.1, 0.15) is 17.3 Å². The van der Waals surface area contributed by atoms with Gasteiger partial charge in [0.15, 0.2) is 0 Å². The molecule has 11 heteroatoms. The van der Waals surface area contributed by atoms with Crippen LogP contribution in [0.2, 0.25) is 5.02 Å². The van der Waals surface area contributed by atoms with E-state index in [2.05, 4.69) is 9.97 Å². The van der Waals surface area contributed by atoms with Crippen molar-refractivity contribution in [1.29, 1.82) is 10.8 Å². The summed E-state index contributed by atoms with van der Waals surface area (Å²) in [4.78, 5) is 9.33. The minimum Gasteiger partial charge on any atom is -0.329 e. The van der Waals surface area contributed by atoms with E-state index in [0.29, 0.717) is 27.7 Å². The SMILES string of the molecule is CN(c1cccc(-c2ccc(C(F)(F)F)nc2)c1)c1nc(=N)n(C=N)c2cc(Cl)c(F)cc12.